The van der Waals surface area contributed by atoms with Gasteiger partial charge in [0, 0.05) is 46.2 Å². The number of ether oxygens (including phenoxy) is 2. The first kappa shape index (κ1) is 43.0. The molecule has 3 aliphatic rings. The average Bonchev–Trinajstić information content (AvgIpc) is 4.18. The lowest BCUT2D eigenvalue weighted by molar-refractivity contribution is -0.140. The molecule has 3 aromatic carbocycles. The highest BCUT2D eigenvalue weighted by Gasteiger charge is 2.39. The Labute approximate surface area is 375 Å². The summed E-state index contributed by atoms with van der Waals surface area (Å²) in [4.78, 5) is 86.5. The number of carbonyl (C=O) groups is 5. The topological polar surface area (TPSA) is 207 Å². The first-order chi connectivity index (χ1) is 31.4. The van der Waals surface area contributed by atoms with Crippen molar-refractivity contribution in [3.63, 3.8) is 0 Å². The SMILES string of the molecule is COC(=O)NC(C(=O)N1CCCC1c1ncc(-c2ccc3[nH]c4c(c3c2)C(c2ccccc2)Oc2cc(-c3cnc(C5CCCN5C(=O)C(NC(=O)C=O)C(C)C)[nH]3)ccc2-4)[nH]1)C(C)C. The number of nitrogens with zero attached hydrogens (tertiary/aromatic N) is 4. The van der Waals surface area contributed by atoms with Crippen molar-refractivity contribution in [2.75, 3.05) is 20.2 Å². The molecular formula is C49H53N9O7. The van der Waals surface area contributed by atoms with E-state index in [9.17, 15) is 24.0 Å². The number of methoxy groups -OCH3 is 1. The Morgan fingerprint density at radius 1 is 0.769 bits per heavy atom. The van der Waals surface area contributed by atoms with E-state index in [1.165, 1.54) is 7.11 Å². The second-order valence-corrected chi connectivity index (χ2v) is 17.7. The van der Waals surface area contributed by atoms with Gasteiger partial charge >= 0.3 is 6.09 Å². The number of fused-ring (bicyclic) bond motifs is 5. The maximum Gasteiger partial charge on any atom is 0.407 e. The summed E-state index contributed by atoms with van der Waals surface area (Å²) in [7, 11) is 1.29. The van der Waals surface area contributed by atoms with Crippen LogP contribution in [0.5, 0.6) is 5.75 Å². The lowest BCUT2D eigenvalue weighted by Gasteiger charge is -2.30. The lowest BCUT2D eigenvalue weighted by atomic mass is 9.91. The zero-order valence-electron chi connectivity index (χ0n) is 37.0. The fourth-order valence-corrected chi connectivity index (χ4v) is 9.60. The molecular weight excluding hydrogens is 827 g/mol. The summed E-state index contributed by atoms with van der Waals surface area (Å²) in [5.74, 6) is 0.474. The fourth-order valence-electron chi connectivity index (χ4n) is 9.60. The second-order valence-electron chi connectivity index (χ2n) is 17.7. The van der Waals surface area contributed by atoms with E-state index in [1.807, 2.05) is 69.1 Å². The molecule has 3 aromatic heterocycles. The van der Waals surface area contributed by atoms with Gasteiger partial charge in [0.05, 0.1) is 48.7 Å². The van der Waals surface area contributed by atoms with Crippen molar-refractivity contribution < 1.29 is 33.4 Å². The third-order valence-electron chi connectivity index (χ3n) is 12.9. The summed E-state index contributed by atoms with van der Waals surface area (Å²) in [6.07, 6.45) is 5.75. The molecule has 5 N–H and O–H groups in total. The van der Waals surface area contributed by atoms with E-state index in [1.54, 1.807) is 11.1 Å². The van der Waals surface area contributed by atoms with E-state index in [2.05, 4.69) is 62.0 Å². The third-order valence-corrected chi connectivity index (χ3v) is 12.9. The molecule has 5 atom stereocenters. The highest BCUT2D eigenvalue weighted by Crippen LogP contribution is 2.49. The van der Waals surface area contributed by atoms with Crippen LogP contribution in [0.1, 0.15) is 94.3 Å². The van der Waals surface area contributed by atoms with Gasteiger partial charge in [0.25, 0.3) is 5.91 Å². The Balaban J connectivity index is 1.01. The number of aromatic amines is 3. The quantitative estimate of drug-likeness (QED) is 0.0624. The highest BCUT2D eigenvalue weighted by atomic mass is 16.5. The minimum Gasteiger partial charge on any atom is -0.480 e. The fraction of sp³-hybridized carbons (Fsp3) is 0.367. The van der Waals surface area contributed by atoms with Crippen LogP contribution in [0.2, 0.25) is 0 Å². The van der Waals surface area contributed by atoms with Crippen LogP contribution in [0.3, 0.4) is 0 Å². The van der Waals surface area contributed by atoms with Crippen molar-refractivity contribution in [2.45, 2.75) is 83.6 Å². The van der Waals surface area contributed by atoms with Crippen LogP contribution in [0, 0.1) is 11.8 Å². The van der Waals surface area contributed by atoms with E-state index < -0.39 is 30.2 Å². The number of H-pyrrole nitrogens is 3. The van der Waals surface area contributed by atoms with Crippen molar-refractivity contribution >= 4 is 41.0 Å². The molecule has 6 heterocycles. The molecule has 3 aliphatic heterocycles. The van der Waals surface area contributed by atoms with Gasteiger partial charge in [0.1, 0.15) is 29.5 Å². The molecule has 2 saturated heterocycles. The van der Waals surface area contributed by atoms with Crippen molar-refractivity contribution in [3.8, 4) is 39.5 Å². The predicted octanol–water partition coefficient (Wildman–Crippen LogP) is 7.14. The summed E-state index contributed by atoms with van der Waals surface area (Å²) < 4.78 is 11.8. The number of hydrogen-bond acceptors (Lipinski definition) is 9. The number of nitrogens with one attached hydrogen (secondary N) is 5. The van der Waals surface area contributed by atoms with Crippen LogP contribution in [0.4, 0.5) is 4.79 Å². The predicted molar refractivity (Wildman–Crippen MR) is 242 cm³/mol. The number of aldehydes is 1. The van der Waals surface area contributed by atoms with Gasteiger partial charge in [-0.2, -0.15) is 0 Å². The molecule has 0 saturated carbocycles. The molecule has 65 heavy (non-hydrogen) atoms. The van der Waals surface area contributed by atoms with Gasteiger partial charge in [0.2, 0.25) is 18.1 Å². The molecule has 2 fully saturated rings. The van der Waals surface area contributed by atoms with Crippen LogP contribution in [0.25, 0.3) is 44.7 Å². The Morgan fingerprint density at radius 3 is 1.94 bits per heavy atom. The van der Waals surface area contributed by atoms with Crippen LogP contribution < -0.4 is 15.4 Å². The number of likely N-dealkylation sites (tertiary alicyclic amines) is 2. The maximum absolute atomic E-state index is 13.8. The Morgan fingerprint density at radius 2 is 1.35 bits per heavy atom. The van der Waals surface area contributed by atoms with Gasteiger partial charge in [-0.05, 0) is 67.3 Å². The van der Waals surface area contributed by atoms with E-state index in [0.717, 1.165) is 75.1 Å². The molecule has 0 bridgehead atoms. The average molecular weight is 880 g/mol. The van der Waals surface area contributed by atoms with Crippen molar-refractivity contribution in [3.05, 3.63) is 102 Å². The molecule has 4 amide bonds. The number of alkyl carbamates (subject to hydrolysis) is 1. The van der Waals surface area contributed by atoms with Crippen LogP contribution in [0.15, 0.2) is 79.1 Å². The van der Waals surface area contributed by atoms with E-state index in [-0.39, 0.29) is 42.0 Å². The van der Waals surface area contributed by atoms with Gasteiger partial charge in [-0.3, -0.25) is 19.2 Å². The Kier molecular flexibility index (Phi) is 11.7. The molecule has 0 spiro atoms. The minimum absolute atomic E-state index is 0.136. The minimum atomic E-state index is -0.827. The van der Waals surface area contributed by atoms with Gasteiger partial charge in [-0.15, -0.1) is 0 Å². The van der Waals surface area contributed by atoms with E-state index in [0.29, 0.717) is 36.9 Å². The van der Waals surface area contributed by atoms with E-state index in [4.69, 9.17) is 19.4 Å². The monoisotopic (exact) mass is 879 g/mol. The van der Waals surface area contributed by atoms with Crippen molar-refractivity contribution in [2.24, 2.45) is 11.8 Å². The normalized spacial score (nSPS) is 18.8. The molecule has 5 unspecified atom stereocenters. The zero-order valence-corrected chi connectivity index (χ0v) is 37.0. The molecule has 16 heteroatoms. The summed E-state index contributed by atoms with van der Waals surface area (Å²) in [5, 5.41) is 6.29. The standard InChI is InChI=1S/C49H53N9O7/c1-26(2)41(55-39(60)25-59)47(61)57-19-9-13-36(57)46-51-24-35(54-46)30-15-17-31-38(22-30)65-44(28-11-7-6-8-12-28)40-32-21-29(16-18-33(32)52-43(31)40)34-23-50-45(53-34)37-14-10-20-58(37)48(62)42(27(3)4)56-49(63)64-5/h6-8,11-12,15-18,21-27,36-37,41-42,44,52H,9-10,13-14,19-20H2,1-5H3,(H,50,53)(H,51,54)(H,55,60)(H,56,63). The second kappa shape index (κ2) is 17.7. The van der Waals surface area contributed by atoms with Crippen molar-refractivity contribution in [1.82, 2.24) is 45.4 Å². The third kappa shape index (κ3) is 8.13. The van der Waals surface area contributed by atoms with Crippen molar-refractivity contribution in [1.29, 1.82) is 0 Å². The molecule has 9 rings (SSSR count). The maximum atomic E-state index is 13.8. The number of amides is 4. The smallest absolute Gasteiger partial charge is 0.407 e. The summed E-state index contributed by atoms with van der Waals surface area (Å²) in [5.41, 5.74) is 8.19. The molecule has 0 aliphatic carbocycles. The number of benzene rings is 3. The number of rotatable bonds is 12. The first-order valence-corrected chi connectivity index (χ1v) is 22.3. The summed E-state index contributed by atoms with van der Waals surface area (Å²) in [6, 6.07) is 20.4. The number of imidazole rings is 2. The molecule has 6 aromatic rings. The lowest BCUT2D eigenvalue weighted by Crippen LogP contribution is -2.51. The van der Waals surface area contributed by atoms with Crippen LogP contribution in [-0.4, -0.2) is 97.1 Å². The highest BCUT2D eigenvalue weighted by molar-refractivity contribution is 6.24. The number of hydrogen-bond donors (Lipinski definition) is 5. The largest absolute Gasteiger partial charge is 0.480 e. The van der Waals surface area contributed by atoms with Gasteiger partial charge < -0.3 is 44.9 Å². The first-order valence-electron chi connectivity index (χ1n) is 22.3. The van der Waals surface area contributed by atoms with E-state index >= 15 is 0 Å². The van der Waals surface area contributed by atoms with Gasteiger partial charge in [-0.25, -0.2) is 14.8 Å². The van der Waals surface area contributed by atoms with Crippen LogP contribution >= 0.6 is 0 Å². The Bertz CT molecular complexity index is 2770. The number of aromatic nitrogens is 5. The van der Waals surface area contributed by atoms with Gasteiger partial charge in [-0.1, -0.05) is 70.2 Å². The Hall–Kier alpha value is -7.23. The number of carbonyl (C=O) groups excluding carboxylic acids is 5. The molecule has 16 nitrogen and oxygen atoms in total. The summed E-state index contributed by atoms with van der Waals surface area (Å²) in [6.45, 7) is 8.56. The van der Waals surface area contributed by atoms with Crippen LogP contribution in [-0.2, 0) is 23.9 Å². The molecule has 336 valence electrons. The summed E-state index contributed by atoms with van der Waals surface area (Å²) >= 11 is 0. The van der Waals surface area contributed by atoms with Gasteiger partial charge in [0.15, 0.2) is 6.10 Å². The zero-order chi connectivity index (χ0) is 45.5. The molecule has 0 radical (unpaired) electrons.